The molecule has 3 aromatic carbocycles. The van der Waals surface area contributed by atoms with Crippen molar-refractivity contribution in [3.05, 3.63) is 101 Å². The predicted molar refractivity (Wildman–Crippen MR) is 155 cm³/mol. The summed E-state index contributed by atoms with van der Waals surface area (Å²) >= 11 is 0. The molecule has 41 heavy (non-hydrogen) atoms. The zero-order valence-electron chi connectivity index (χ0n) is 23.4. The number of nitrogens with one attached hydrogen (secondary N) is 1. The second-order valence-corrected chi connectivity index (χ2v) is 11.2. The number of hydrogen-bond donors (Lipinski definition) is 1. The van der Waals surface area contributed by atoms with Gasteiger partial charge in [-0.2, -0.15) is 18.3 Å². The highest BCUT2D eigenvalue weighted by Gasteiger charge is 2.34. The molecule has 6 rings (SSSR count). The Morgan fingerprint density at radius 1 is 1.00 bits per heavy atom. The topological polar surface area (TPSA) is 46.1 Å². The first-order chi connectivity index (χ1) is 19.7. The van der Waals surface area contributed by atoms with Gasteiger partial charge in [0.2, 0.25) is 0 Å². The van der Waals surface area contributed by atoms with E-state index in [1.807, 2.05) is 35.1 Å². The molecule has 5 aromatic rings. The Balaban J connectivity index is 1.49. The molecule has 8 heteroatoms. The first-order valence-corrected chi connectivity index (χ1v) is 14.0. The average Bonchev–Trinajstić information content (AvgIpc) is 3.56. The minimum absolute atomic E-state index is 0.210. The smallest absolute Gasteiger partial charge is 0.416 e. The second-order valence-electron chi connectivity index (χ2n) is 11.2. The summed E-state index contributed by atoms with van der Waals surface area (Å²) in [5, 5.41) is 6.22. The first-order valence-electron chi connectivity index (χ1n) is 14.0. The average molecular weight is 559 g/mol. The van der Waals surface area contributed by atoms with E-state index in [4.69, 9.17) is 9.84 Å². The van der Waals surface area contributed by atoms with Crippen LogP contribution in [0, 0.1) is 12.8 Å². The second kappa shape index (κ2) is 10.7. The molecule has 0 radical (unpaired) electrons. The van der Waals surface area contributed by atoms with Crippen LogP contribution in [-0.2, 0) is 25.7 Å². The molecular formula is C33H33F3N4O. The molecule has 1 aliphatic rings. The van der Waals surface area contributed by atoms with Gasteiger partial charge in [-0.25, -0.2) is 4.68 Å². The van der Waals surface area contributed by atoms with E-state index in [9.17, 15) is 13.2 Å². The largest absolute Gasteiger partial charge is 0.491 e. The molecule has 0 unspecified atom stereocenters. The van der Waals surface area contributed by atoms with Gasteiger partial charge in [0.15, 0.2) is 0 Å². The number of para-hydroxylation sites is 1. The number of H-pyrrole nitrogens is 1. The molecule has 0 bridgehead atoms. The van der Waals surface area contributed by atoms with Crippen molar-refractivity contribution in [3.8, 4) is 22.7 Å². The number of halogens is 3. The summed E-state index contributed by atoms with van der Waals surface area (Å²) in [6, 6.07) is 20.1. The number of aromatic nitrogens is 3. The first kappa shape index (κ1) is 27.1. The van der Waals surface area contributed by atoms with Crippen molar-refractivity contribution < 1.29 is 17.9 Å². The molecule has 0 saturated heterocycles. The molecule has 3 heterocycles. The third-order valence-electron chi connectivity index (χ3n) is 7.66. The van der Waals surface area contributed by atoms with Crippen LogP contribution in [-0.4, -0.2) is 32.8 Å². The lowest BCUT2D eigenvalue weighted by molar-refractivity contribution is -0.138. The van der Waals surface area contributed by atoms with E-state index in [2.05, 4.69) is 48.9 Å². The molecule has 1 aliphatic heterocycles. The number of aromatic amines is 1. The van der Waals surface area contributed by atoms with Crippen LogP contribution >= 0.6 is 0 Å². The van der Waals surface area contributed by atoms with Gasteiger partial charge in [0, 0.05) is 54.3 Å². The maximum atomic E-state index is 13.8. The van der Waals surface area contributed by atoms with Crippen LogP contribution in [0.3, 0.4) is 0 Å². The molecule has 0 amide bonds. The van der Waals surface area contributed by atoms with Gasteiger partial charge < -0.3 is 9.72 Å². The minimum Gasteiger partial charge on any atom is -0.491 e. The van der Waals surface area contributed by atoms with Gasteiger partial charge in [-0.15, -0.1) is 0 Å². The molecule has 0 atom stereocenters. The van der Waals surface area contributed by atoms with Gasteiger partial charge in [-0.1, -0.05) is 56.3 Å². The van der Waals surface area contributed by atoms with Gasteiger partial charge in [-0.3, -0.25) is 4.90 Å². The fourth-order valence-electron chi connectivity index (χ4n) is 5.75. The zero-order chi connectivity index (χ0) is 28.7. The molecule has 212 valence electrons. The van der Waals surface area contributed by atoms with E-state index in [0.717, 1.165) is 56.5 Å². The van der Waals surface area contributed by atoms with Crippen LogP contribution < -0.4 is 4.74 Å². The van der Waals surface area contributed by atoms with Gasteiger partial charge in [0.1, 0.15) is 11.4 Å². The Labute approximate surface area is 237 Å². The Morgan fingerprint density at radius 2 is 1.80 bits per heavy atom. The maximum Gasteiger partial charge on any atom is 0.416 e. The Morgan fingerprint density at radius 3 is 2.61 bits per heavy atom. The van der Waals surface area contributed by atoms with Crippen LogP contribution in [0.2, 0.25) is 0 Å². The van der Waals surface area contributed by atoms with Crippen molar-refractivity contribution >= 4 is 10.9 Å². The monoisotopic (exact) mass is 558 g/mol. The van der Waals surface area contributed by atoms with E-state index >= 15 is 0 Å². The Bertz CT molecular complexity index is 1700. The summed E-state index contributed by atoms with van der Waals surface area (Å²) in [7, 11) is 0. The van der Waals surface area contributed by atoms with Crippen molar-refractivity contribution in [1.82, 2.24) is 19.7 Å². The van der Waals surface area contributed by atoms with Crippen LogP contribution in [0.25, 0.3) is 27.8 Å². The van der Waals surface area contributed by atoms with Crippen molar-refractivity contribution in [2.75, 3.05) is 13.2 Å². The van der Waals surface area contributed by atoms with Gasteiger partial charge in [-0.05, 0) is 48.2 Å². The van der Waals surface area contributed by atoms with E-state index in [0.29, 0.717) is 32.0 Å². The summed E-state index contributed by atoms with van der Waals surface area (Å²) in [6.07, 6.45) is -1.83. The van der Waals surface area contributed by atoms with E-state index in [1.54, 1.807) is 12.1 Å². The fraction of sp³-hybridized carbons (Fsp3) is 0.303. The zero-order valence-corrected chi connectivity index (χ0v) is 23.4. The lowest BCUT2D eigenvalue weighted by atomic mass is 9.97. The number of rotatable bonds is 7. The van der Waals surface area contributed by atoms with E-state index in [1.165, 1.54) is 6.07 Å². The molecule has 0 saturated carbocycles. The summed E-state index contributed by atoms with van der Waals surface area (Å²) in [4.78, 5) is 5.40. The van der Waals surface area contributed by atoms with Crippen LogP contribution in [0.15, 0.2) is 72.9 Å². The maximum absolute atomic E-state index is 13.8. The van der Waals surface area contributed by atoms with E-state index < -0.39 is 11.7 Å². The number of alkyl halides is 3. The quantitative estimate of drug-likeness (QED) is 0.221. The van der Waals surface area contributed by atoms with Crippen molar-refractivity contribution in [2.24, 2.45) is 5.92 Å². The van der Waals surface area contributed by atoms with Gasteiger partial charge >= 0.3 is 6.18 Å². The molecule has 1 N–H and O–H groups in total. The third kappa shape index (κ3) is 5.24. The van der Waals surface area contributed by atoms with Crippen LogP contribution in [0.5, 0.6) is 5.75 Å². The van der Waals surface area contributed by atoms with Crippen LogP contribution in [0.4, 0.5) is 13.2 Å². The number of hydrogen-bond acceptors (Lipinski definition) is 3. The SMILES string of the molecule is Cc1cccc(OCC(C)C)c1-n1nc2c(c1-c1cccc3[nH]ccc13)CN(Cc1ccccc1C(F)(F)F)CC2. The molecule has 5 nitrogen and oxygen atoms in total. The lowest BCUT2D eigenvalue weighted by Gasteiger charge is -2.28. The Kier molecular flexibility index (Phi) is 7.11. The standard InChI is InChI=1S/C33H33F3N4O/c1-21(2)20-41-30-13-6-8-22(3)31(30)40-32(25-10-7-12-28-24(25)14-16-37-28)26-19-39(17-15-29(26)38-40)18-23-9-4-5-11-27(23)33(34,35)36/h4-14,16,21,37H,15,17-20H2,1-3H3. The van der Waals surface area contributed by atoms with Gasteiger partial charge in [0.05, 0.1) is 23.6 Å². The number of ether oxygens (including phenoxy) is 1. The highest BCUT2D eigenvalue weighted by molar-refractivity contribution is 5.95. The molecule has 2 aromatic heterocycles. The predicted octanol–water partition coefficient (Wildman–Crippen LogP) is 7.94. The van der Waals surface area contributed by atoms with Crippen molar-refractivity contribution in [1.29, 1.82) is 0 Å². The number of benzene rings is 3. The van der Waals surface area contributed by atoms with Gasteiger partial charge in [0.25, 0.3) is 0 Å². The summed E-state index contributed by atoms with van der Waals surface area (Å²) in [5.74, 6) is 1.12. The molecule has 0 aliphatic carbocycles. The minimum atomic E-state index is -4.39. The number of fused-ring (bicyclic) bond motifs is 2. The molecule has 0 fully saturated rings. The Hall–Kier alpha value is -4.04. The summed E-state index contributed by atoms with van der Waals surface area (Å²) in [5.41, 5.74) is 6.61. The highest BCUT2D eigenvalue weighted by Crippen LogP contribution is 2.40. The fourth-order valence-corrected chi connectivity index (χ4v) is 5.75. The van der Waals surface area contributed by atoms with E-state index in [-0.39, 0.29) is 12.1 Å². The van der Waals surface area contributed by atoms with Crippen molar-refractivity contribution in [3.63, 3.8) is 0 Å². The molecular weight excluding hydrogens is 525 g/mol. The summed E-state index contributed by atoms with van der Waals surface area (Å²) < 4.78 is 49.6. The normalized spacial score (nSPS) is 14.1. The molecule has 0 spiro atoms. The number of nitrogens with zero attached hydrogens (tertiary/aromatic N) is 3. The van der Waals surface area contributed by atoms with Crippen LogP contribution in [0.1, 0.15) is 41.8 Å². The summed E-state index contributed by atoms with van der Waals surface area (Å²) in [6.45, 7) is 8.19. The van der Waals surface area contributed by atoms with Crippen molar-refractivity contribution in [2.45, 2.75) is 46.5 Å². The number of aryl methyl sites for hydroxylation is 1. The lowest BCUT2D eigenvalue weighted by Crippen LogP contribution is -2.30. The highest BCUT2D eigenvalue weighted by atomic mass is 19.4. The third-order valence-corrected chi connectivity index (χ3v) is 7.66.